The summed E-state index contributed by atoms with van der Waals surface area (Å²) in [7, 11) is 1.44. The van der Waals surface area contributed by atoms with Gasteiger partial charge in [-0.2, -0.15) is 4.39 Å². The first kappa shape index (κ1) is 30.3. The fourth-order valence-corrected chi connectivity index (χ4v) is 5.41. The first-order valence-electron chi connectivity index (χ1n) is 13.4. The van der Waals surface area contributed by atoms with Crippen LogP contribution in [0.25, 0.3) is 11.3 Å². The van der Waals surface area contributed by atoms with Crippen LogP contribution in [-0.2, 0) is 11.8 Å². The molecule has 3 amide bonds. The molecule has 2 saturated heterocycles. The smallest absolute Gasteiger partial charge is 0.291 e. The first-order valence-corrected chi connectivity index (χ1v) is 13.8. The topological polar surface area (TPSA) is 129 Å². The van der Waals surface area contributed by atoms with Crippen LogP contribution in [0.2, 0.25) is 5.02 Å². The summed E-state index contributed by atoms with van der Waals surface area (Å²) in [5.74, 6) is -4.46. The predicted octanol–water partition coefficient (Wildman–Crippen LogP) is 2.58. The number of aliphatic hydroxyl groups excluding tert-OH is 1. The molecule has 228 valence electrons. The van der Waals surface area contributed by atoms with Gasteiger partial charge >= 0.3 is 0 Å². The van der Waals surface area contributed by atoms with Crippen molar-refractivity contribution in [3.8, 4) is 17.0 Å². The molecular formula is C28H28ClF3N6O5. The number of rotatable bonds is 7. The second-order valence-electron chi connectivity index (χ2n) is 10.1. The van der Waals surface area contributed by atoms with E-state index in [1.165, 1.54) is 42.1 Å². The lowest BCUT2D eigenvalue weighted by Crippen LogP contribution is -2.54. The molecule has 0 spiro atoms. The molecule has 3 heterocycles. The van der Waals surface area contributed by atoms with Gasteiger partial charge in [-0.05, 0) is 36.8 Å². The van der Waals surface area contributed by atoms with Crippen molar-refractivity contribution in [1.82, 2.24) is 24.7 Å². The minimum Gasteiger partial charge on any atom is -0.460 e. The van der Waals surface area contributed by atoms with Crippen LogP contribution in [-0.4, -0.2) is 93.9 Å². The maximum Gasteiger partial charge on any atom is 0.291 e. The molecule has 3 aromatic rings. The molecule has 0 unspecified atom stereocenters. The van der Waals surface area contributed by atoms with Gasteiger partial charge in [-0.1, -0.05) is 11.6 Å². The van der Waals surface area contributed by atoms with E-state index in [9.17, 15) is 32.7 Å². The van der Waals surface area contributed by atoms with E-state index >= 15 is 0 Å². The third kappa shape index (κ3) is 6.17. The number of alkyl halides is 1. The van der Waals surface area contributed by atoms with E-state index in [4.69, 9.17) is 11.6 Å². The molecule has 5 rings (SSSR count). The molecule has 1 aromatic heterocycles. The number of imidazole rings is 1. The summed E-state index contributed by atoms with van der Waals surface area (Å²) in [5, 5.41) is 15.4. The van der Waals surface area contributed by atoms with Gasteiger partial charge in [0.2, 0.25) is 18.6 Å². The van der Waals surface area contributed by atoms with E-state index in [0.717, 1.165) is 6.07 Å². The number of β-amino-alcohol motifs (C(OH)–C–C–N with tert-alkyl or cyclic N) is 1. The number of hydrogen-bond donors (Lipinski definition) is 3. The molecule has 0 saturated carbocycles. The molecule has 2 aromatic carbocycles. The number of amides is 3. The predicted molar refractivity (Wildman–Crippen MR) is 149 cm³/mol. The standard InChI is InChI=1S/C28H28ClF3N6O5/c1-36-21(18-4-5-22(43-14-30)24(32)23(18)31)13-34-25(36)26(40)35-15-2-3-17(19(29)10-15)27(41)37-6-8-38(9-7-37)28(42)20-11-16(39)12-33-20/h2-5,10,13,16,20,33,39H,6-9,11-12,14H2,1H3,(H,35,40)/t16-,20+/m1/s1. The van der Waals surface area contributed by atoms with E-state index in [0.29, 0.717) is 39.1 Å². The van der Waals surface area contributed by atoms with Crippen LogP contribution in [0.3, 0.4) is 0 Å². The van der Waals surface area contributed by atoms with E-state index in [1.54, 1.807) is 9.80 Å². The molecule has 0 radical (unpaired) electrons. The summed E-state index contributed by atoms with van der Waals surface area (Å²) in [6.07, 6.45) is 1.01. The van der Waals surface area contributed by atoms with Crippen LogP contribution in [0.1, 0.15) is 27.4 Å². The summed E-state index contributed by atoms with van der Waals surface area (Å²) in [4.78, 5) is 46.1. The van der Waals surface area contributed by atoms with E-state index < -0.39 is 42.3 Å². The molecule has 2 aliphatic rings. The minimum atomic E-state index is -1.37. The van der Waals surface area contributed by atoms with E-state index in [-0.39, 0.29) is 45.2 Å². The Kier molecular flexibility index (Phi) is 8.89. The molecule has 11 nitrogen and oxygen atoms in total. The highest BCUT2D eigenvalue weighted by Gasteiger charge is 2.34. The summed E-state index contributed by atoms with van der Waals surface area (Å²) in [6, 6.07) is 6.22. The molecule has 2 aliphatic heterocycles. The normalized spacial score (nSPS) is 18.6. The van der Waals surface area contributed by atoms with Crippen molar-refractivity contribution >= 4 is 35.0 Å². The lowest BCUT2D eigenvalue weighted by Gasteiger charge is -2.36. The van der Waals surface area contributed by atoms with Crippen molar-refractivity contribution in [2.24, 2.45) is 7.05 Å². The average Bonchev–Trinajstić information content (AvgIpc) is 3.60. The van der Waals surface area contributed by atoms with Crippen LogP contribution >= 0.6 is 11.6 Å². The Bertz CT molecular complexity index is 1560. The summed E-state index contributed by atoms with van der Waals surface area (Å²) in [5.41, 5.74) is 0.369. The Morgan fingerprint density at radius 2 is 1.84 bits per heavy atom. The quantitative estimate of drug-likeness (QED) is 0.370. The highest BCUT2D eigenvalue weighted by molar-refractivity contribution is 6.34. The van der Waals surface area contributed by atoms with Gasteiger partial charge in [0.25, 0.3) is 11.8 Å². The zero-order valence-electron chi connectivity index (χ0n) is 22.9. The van der Waals surface area contributed by atoms with Gasteiger partial charge < -0.3 is 34.8 Å². The van der Waals surface area contributed by atoms with Crippen molar-refractivity contribution in [1.29, 1.82) is 0 Å². The third-order valence-electron chi connectivity index (χ3n) is 7.47. The third-order valence-corrected chi connectivity index (χ3v) is 7.78. The second-order valence-corrected chi connectivity index (χ2v) is 10.5. The van der Waals surface area contributed by atoms with Crippen molar-refractivity contribution < 1.29 is 37.4 Å². The number of anilines is 1. The first-order chi connectivity index (χ1) is 20.6. The number of ether oxygens (including phenoxy) is 1. The Hall–Kier alpha value is -4.14. The van der Waals surface area contributed by atoms with Gasteiger partial charge in [0.15, 0.2) is 17.4 Å². The van der Waals surface area contributed by atoms with Gasteiger partial charge in [0.05, 0.1) is 34.6 Å². The van der Waals surface area contributed by atoms with Crippen molar-refractivity contribution in [2.75, 3.05) is 44.9 Å². The highest BCUT2D eigenvalue weighted by atomic mass is 35.5. The molecule has 43 heavy (non-hydrogen) atoms. The number of carbonyl (C=O) groups excluding carboxylic acids is 3. The second kappa shape index (κ2) is 12.6. The Morgan fingerprint density at radius 1 is 1.12 bits per heavy atom. The van der Waals surface area contributed by atoms with Gasteiger partial charge in [-0.3, -0.25) is 14.4 Å². The van der Waals surface area contributed by atoms with Gasteiger partial charge in [0, 0.05) is 51.0 Å². The van der Waals surface area contributed by atoms with Gasteiger partial charge in [0.1, 0.15) is 0 Å². The number of nitrogens with one attached hydrogen (secondary N) is 2. The van der Waals surface area contributed by atoms with Gasteiger partial charge in [-0.15, -0.1) is 0 Å². The fourth-order valence-electron chi connectivity index (χ4n) is 5.15. The minimum absolute atomic E-state index is 0.0891. The zero-order chi connectivity index (χ0) is 30.8. The number of hydrogen-bond acceptors (Lipinski definition) is 7. The van der Waals surface area contributed by atoms with Crippen LogP contribution < -0.4 is 15.4 Å². The molecular weight excluding hydrogens is 593 g/mol. The SMILES string of the molecule is Cn1c(-c2ccc(OCF)c(F)c2F)cnc1C(=O)Nc1ccc(C(=O)N2CCN(C(=O)[C@@H]3C[C@@H](O)CN3)CC2)c(Cl)c1. The number of carbonyl (C=O) groups is 3. The van der Waals surface area contributed by atoms with Crippen LogP contribution in [0.15, 0.2) is 36.5 Å². The maximum absolute atomic E-state index is 14.6. The van der Waals surface area contributed by atoms with Crippen LogP contribution in [0.5, 0.6) is 5.75 Å². The van der Waals surface area contributed by atoms with E-state index in [2.05, 4.69) is 20.4 Å². The van der Waals surface area contributed by atoms with Crippen molar-refractivity contribution in [2.45, 2.75) is 18.6 Å². The maximum atomic E-state index is 14.6. The van der Waals surface area contributed by atoms with Crippen molar-refractivity contribution in [3.63, 3.8) is 0 Å². The lowest BCUT2D eigenvalue weighted by molar-refractivity contribution is -0.134. The number of nitrogens with zero attached hydrogens (tertiary/aromatic N) is 4. The monoisotopic (exact) mass is 620 g/mol. The van der Waals surface area contributed by atoms with E-state index in [1.807, 2.05) is 0 Å². The number of halogens is 4. The molecule has 0 bridgehead atoms. The zero-order valence-corrected chi connectivity index (χ0v) is 23.7. The lowest BCUT2D eigenvalue weighted by atomic mass is 10.1. The number of aliphatic hydroxyl groups is 1. The van der Waals surface area contributed by atoms with Gasteiger partial charge in [-0.25, -0.2) is 13.8 Å². The molecule has 2 fully saturated rings. The Morgan fingerprint density at radius 3 is 2.49 bits per heavy atom. The summed E-state index contributed by atoms with van der Waals surface area (Å²) >= 11 is 6.41. The highest BCUT2D eigenvalue weighted by Crippen LogP contribution is 2.30. The summed E-state index contributed by atoms with van der Waals surface area (Å²) in [6.45, 7) is 0.376. The molecule has 3 N–H and O–H groups in total. The van der Waals surface area contributed by atoms with Crippen molar-refractivity contribution in [3.05, 3.63) is 64.6 Å². The average molecular weight is 621 g/mol. The molecule has 2 atom stereocenters. The summed E-state index contributed by atoms with van der Waals surface area (Å²) < 4.78 is 47.0. The fraction of sp³-hybridized carbons (Fsp3) is 0.357. The molecule has 0 aliphatic carbocycles. The number of benzene rings is 2. The Labute approximate surface area is 249 Å². The van der Waals surface area contributed by atoms with Crippen LogP contribution in [0, 0.1) is 11.6 Å². The largest absolute Gasteiger partial charge is 0.460 e. The number of aromatic nitrogens is 2. The van der Waals surface area contributed by atoms with Crippen LogP contribution in [0.4, 0.5) is 18.9 Å². The Balaban J connectivity index is 1.22. The molecule has 15 heteroatoms. The number of piperazine rings is 1.